The van der Waals surface area contributed by atoms with Crippen molar-refractivity contribution in [3.05, 3.63) is 95.8 Å². The van der Waals surface area contributed by atoms with Gasteiger partial charge in [0.25, 0.3) is 0 Å². The second-order valence-electron chi connectivity index (χ2n) is 10.2. The number of benzene rings is 3. The smallest absolute Gasteiger partial charge is 0.243 e. The number of piperidine rings is 1. The van der Waals surface area contributed by atoms with Crippen molar-refractivity contribution in [2.75, 3.05) is 19.6 Å². The van der Waals surface area contributed by atoms with Crippen molar-refractivity contribution in [1.29, 1.82) is 0 Å². The first-order valence-corrected chi connectivity index (χ1v) is 15.3. The minimum atomic E-state index is -3.76. The number of rotatable bonds is 11. The van der Waals surface area contributed by atoms with E-state index < -0.39 is 16.1 Å². The van der Waals surface area contributed by atoms with Gasteiger partial charge in [-0.05, 0) is 74.2 Å². The Labute approximate surface area is 226 Å². The van der Waals surface area contributed by atoms with Crippen LogP contribution < -0.4 is 0 Å². The lowest BCUT2D eigenvalue weighted by Gasteiger charge is -2.31. The second-order valence-corrected chi connectivity index (χ2v) is 12.1. The van der Waals surface area contributed by atoms with Crippen LogP contribution in [0.15, 0.2) is 83.8 Å². The standard InChI is InChI=1S/C31H38N4O2S/c1-2-3-22-35(38(36,37)27-16-6-4-7-17-27)30(31-32-28-18-10-11-19-29(28)33-31)23-25-14-8-9-15-26(25)24-34-20-12-5-13-21-34/h4,6-11,14-19,30H,2-3,5,12-13,20-24H2,1H3,(H,32,33). The molecule has 0 spiro atoms. The zero-order valence-corrected chi connectivity index (χ0v) is 23.0. The van der Waals surface area contributed by atoms with E-state index in [0.29, 0.717) is 23.7 Å². The van der Waals surface area contributed by atoms with Crippen LogP contribution in [0.3, 0.4) is 0 Å². The third-order valence-corrected chi connectivity index (χ3v) is 9.45. The summed E-state index contributed by atoms with van der Waals surface area (Å²) >= 11 is 0. The van der Waals surface area contributed by atoms with Crippen LogP contribution in [0.5, 0.6) is 0 Å². The van der Waals surface area contributed by atoms with Gasteiger partial charge in [-0.2, -0.15) is 4.31 Å². The summed E-state index contributed by atoms with van der Waals surface area (Å²) < 4.78 is 30.0. The fourth-order valence-corrected chi connectivity index (χ4v) is 7.08. The monoisotopic (exact) mass is 530 g/mol. The molecular weight excluding hydrogens is 492 g/mol. The lowest BCUT2D eigenvalue weighted by Crippen LogP contribution is -2.37. The molecule has 6 nitrogen and oxygen atoms in total. The van der Waals surface area contributed by atoms with Gasteiger partial charge in [0, 0.05) is 13.1 Å². The van der Waals surface area contributed by atoms with Crippen molar-refractivity contribution < 1.29 is 8.42 Å². The summed E-state index contributed by atoms with van der Waals surface area (Å²) in [5.41, 5.74) is 4.21. The first-order valence-electron chi connectivity index (χ1n) is 13.9. The van der Waals surface area contributed by atoms with Gasteiger partial charge in [0.2, 0.25) is 10.0 Å². The fraction of sp³-hybridized carbons (Fsp3) is 0.387. The molecule has 5 rings (SSSR count). The Morgan fingerprint density at radius 3 is 2.32 bits per heavy atom. The van der Waals surface area contributed by atoms with Crippen molar-refractivity contribution >= 4 is 21.1 Å². The summed E-state index contributed by atoms with van der Waals surface area (Å²) in [7, 11) is -3.76. The average molecular weight is 531 g/mol. The maximum absolute atomic E-state index is 14.1. The highest BCUT2D eigenvalue weighted by Crippen LogP contribution is 2.32. The van der Waals surface area contributed by atoms with Crippen LogP contribution in [0.4, 0.5) is 0 Å². The molecule has 0 saturated carbocycles. The predicted molar refractivity (Wildman–Crippen MR) is 153 cm³/mol. The minimum Gasteiger partial charge on any atom is -0.341 e. The summed E-state index contributed by atoms with van der Waals surface area (Å²) in [4.78, 5) is 11.2. The number of aromatic nitrogens is 2. The van der Waals surface area contributed by atoms with E-state index >= 15 is 0 Å². The minimum absolute atomic E-state index is 0.318. The first-order chi connectivity index (χ1) is 18.6. The molecule has 7 heteroatoms. The molecule has 1 atom stereocenters. The molecule has 200 valence electrons. The third kappa shape index (κ3) is 6.01. The zero-order chi connectivity index (χ0) is 26.4. The summed E-state index contributed by atoms with van der Waals surface area (Å²) in [6.07, 6.45) is 6.01. The van der Waals surface area contributed by atoms with Gasteiger partial charge in [-0.1, -0.05) is 74.4 Å². The number of aromatic amines is 1. The summed E-state index contributed by atoms with van der Waals surface area (Å²) in [6, 6.07) is 24.8. The Kier molecular flexibility index (Phi) is 8.57. The Morgan fingerprint density at radius 2 is 1.58 bits per heavy atom. The number of nitrogens with zero attached hydrogens (tertiary/aromatic N) is 3. The third-order valence-electron chi connectivity index (χ3n) is 7.53. The Balaban J connectivity index is 1.57. The molecule has 1 aliphatic heterocycles. The summed E-state index contributed by atoms with van der Waals surface area (Å²) in [6.45, 7) is 5.66. The molecule has 38 heavy (non-hydrogen) atoms. The van der Waals surface area contributed by atoms with E-state index in [1.54, 1.807) is 28.6 Å². The van der Waals surface area contributed by atoms with Crippen molar-refractivity contribution in [2.45, 2.75) is 62.9 Å². The summed E-state index contributed by atoms with van der Waals surface area (Å²) in [5.74, 6) is 0.689. The topological polar surface area (TPSA) is 69.3 Å². The molecule has 1 saturated heterocycles. The zero-order valence-electron chi connectivity index (χ0n) is 22.2. The first kappa shape index (κ1) is 26.6. The summed E-state index contributed by atoms with van der Waals surface area (Å²) in [5, 5.41) is 0. The molecule has 0 bridgehead atoms. The van der Waals surface area contributed by atoms with Crippen molar-refractivity contribution in [3.8, 4) is 0 Å². The largest absolute Gasteiger partial charge is 0.341 e. The van der Waals surface area contributed by atoms with Crippen LogP contribution >= 0.6 is 0 Å². The molecule has 0 amide bonds. The van der Waals surface area contributed by atoms with Crippen molar-refractivity contribution in [3.63, 3.8) is 0 Å². The number of likely N-dealkylation sites (tertiary alicyclic amines) is 1. The van der Waals surface area contributed by atoms with Crippen LogP contribution in [0, 0.1) is 0 Å². The van der Waals surface area contributed by atoms with Gasteiger partial charge >= 0.3 is 0 Å². The van der Waals surface area contributed by atoms with Gasteiger partial charge in [0.15, 0.2) is 0 Å². The van der Waals surface area contributed by atoms with Gasteiger partial charge in [-0.3, -0.25) is 4.90 Å². The van der Waals surface area contributed by atoms with Gasteiger partial charge in [-0.25, -0.2) is 13.4 Å². The Bertz CT molecular complexity index is 1400. The van der Waals surface area contributed by atoms with Gasteiger partial charge < -0.3 is 4.98 Å². The SMILES string of the molecule is CCCCN(C(Cc1ccccc1CN1CCCCC1)c1nc2ccccc2[nH]1)S(=O)(=O)c1ccccc1. The molecule has 0 radical (unpaired) electrons. The quantitative estimate of drug-likeness (QED) is 0.246. The lowest BCUT2D eigenvalue weighted by atomic mass is 9.98. The number of H-pyrrole nitrogens is 1. The molecule has 2 heterocycles. The van der Waals surface area contributed by atoms with E-state index in [1.165, 1.54) is 30.4 Å². The van der Waals surface area contributed by atoms with Crippen molar-refractivity contribution in [1.82, 2.24) is 19.2 Å². The number of imidazole rings is 1. The van der Waals surface area contributed by atoms with Crippen LogP contribution in [-0.2, 0) is 23.0 Å². The van der Waals surface area contributed by atoms with Crippen LogP contribution in [-0.4, -0.2) is 47.2 Å². The van der Waals surface area contributed by atoms with Gasteiger partial charge in [0.1, 0.15) is 5.82 Å². The second kappa shape index (κ2) is 12.2. The Morgan fingerprint density at radius 1 is 0.895 bits per heavy atom. The van der Waals surface area contributed by atoms with E-state index in [0.717, 1.165) is 43.5 Å². The molecule has 0 aliphatic carbocycles. The molecule has 1 fully saturated rings. The number of sulfonamides is 1. The number of unbranched alkanes of at least 4 members (excludes halogenated alkanes) is 1. The number of fused-ring (bicyclic) bond motifs is 1. The predicted octanol–water partition coefficient (Wildman–Crippen LogP) is 6.32. The normalized spacial score (nSPS) is 15.7. The maximum Gasteiger partial charge on any atom is 0.243 e. The van der Waals surface area contributed by atoms with E-state index in [-0.39, 0.29) is 0 Å². The lowest BCUT2D eigenvalue weighted by molar-refractivity contribution is 0.219. The van der Waals surface area contributed by atoms with E-state index in [9.17, 15) is 8.42 Å². The fourth-order valence-electron chi connectivity index (χ4n) is 5.43. The van der Waals surface area contributed by atoms with Crippen LogP contribution in [0.2, 0.25) is 0 Å². The van der Waals surface area contributed by atoms with E-state index in [1.807, 2.05) is 30.3 Å². The Hall–Kier alpha value is -3.00. The number of hydrogen-bond donors (Lipinski definition) is 1. The maximum atomic E-state index is 14.1. The highest BCUT2D eigenvalue weighted by molar-refractivity contribution is 7.89. The number of para-hydroxylation sites is 2. The van der Waals surface area contributed by atoms with Crippen LogP contribution in [0.25, 0.3) is 11.0 Å². The van der Waals surface area contributed by atoms with E-state index in [4.69, 9.17) is 4.98 Å². The average Bonchev–Trinajstić information content (AvgIpc) is 3.39. The number of nitrogens with one attached hydrogen (secondary N) is 1. The van der Waals surface area contributed by atoms with Gasteiger partial charge in [0.05, 0.1) is 22.0 Å². The molecule has 1 N–H and O–H groups in total. The highest BCUT2D eigenvalue weighted by Gasteiger charge is 2.34. The highest BCUT2D eigenvalue weighted by atomic mass is 32.2. The molecule has 4 aromatic rings. The molecule has 1 aromatic heterocycles. The van der Waals surface area contributed by atoms with E-state index in [2.05, 4.69) is 41.1 Å². The van der Waals surface area contributed by atoms with Crippen LogP contribution in [0.1, 0.15) is 62.0 Å². The molecule has 1 unspecified atom stereocenters. The van der Waals surface area contributed by atoms with Crippen molar-refractivity contribution in [2.24, 2.45) is 0 Å². The molecular formula is C31H38N4O2S. The molecule has 1 aliphatic rings. The number of hydrogen-bond acceptors (Lipinski definition) is 4. The molecule has 3 aromatic carbocycles. The van der Waals surface area contributed by atoms with Gasteiger partial charge in [-0.15, -0.1) is 0 Å².